The van der Waals surface area contributed by atoms with Crippen molar-refractivity contribution < 1.29 is 13.2 Å². The fourth-order valence-electron chi connectivity index (χ4n) is 3.15. The predicted octanol–water partition coefficient (Wildman–Crippen LogP) is 3.56. The van der Waals surface area contributed by atoms with Crippen molar-refractivity contribution >= 4 is 27.4 Å². The zero-order valence-corrected chi connectivity index (χ0v) is 17.4. The van der Waals surface area contributed by atoms with Gasteiger partial charge in [0.25, 0.3) is 0 Å². The fraction of sp³-hybridized carbons (Fsp3) is 0.722. The molecule has 1 aromatic rings. The molecule has 1 aromatic heterocycles. The molecule has 0 spiro atoms. The van der Waals surface area contributed by atoms with Gasteiger partial charge in [-0.3, -0.25) is 0 Å². The minimum absolute atomic E-state index is 0.0347. The van der Waals surface area contributed by atoms with Gasteiger partial charge < -0.3 is 10.2 Å². The summed E-state index contributed by atoms with van der Waals surface area (Å²) in [5, 5.41) is 4.82. The molecule has 8 heteroatoms. The summed E-state index contributed by atoms with van der Waals surface area (Å²) in [7, 11) is -3.44. The fourth-order valence-corrected chi connectivity index (χ4v) is 5.46. The first kappa shape index (κ1) is 21.2. The van der Waals surface area contributed by atoms with Crippen LogP contribution in [0.2, 0.25) is 0 Å². The lowest BCUT2D eigenvalue weighted by molar-refractivity contribution is 0.176. The Labute approximate surface area is 161 Å². The highest BCUT2D eigenvalue weighted by atomic mass is 32.2. The van der Waals surface area contributed by atoms with Gasteiger partial charge in [-0.25, -0.2) is 17.9 Å². The van der Waals surface area contributed by atoms with Crippen molar-refractivity contribution in [2.45, 2.75) is 75.1 Å². The van der Waals surface area contributed by atoms with E-state index in [2.05, 4.69) is 17.0 Å². The number of hydrogen-bond acceptors (Lipinski definition) is 4. The first-order valence-electron chi connectivity index (χ1n) is 9.53. The summed E-state index contributed by atoms with van der Waals surface area (Å²) in [5.74, 6) is 0. The highest BCUT2D eigenvalue weighted by Gasteiger charge is 2.27. The van der Waals surface area contributed by atoms with Crippen LogP contribution in [-0.2, 0) is 10.0 Å². The average molecular weight is 402 g/mol. The van der Waals surface area contributed by atoms with E-state index in [1.807, 2.05) is 6.92 Å². The Morgan fingerprint density at radius 1 is 1.31 bits per heavy atom. The Morgan fingerprint density at radius 3 is 2.65 bits per heavy atom. The summed E-state index contributed by atoms with van der Waals surface area (Å²) in [6, 6.07) is 3.37. The monoisotopic (exact) mass is 401 g/mol. The van der Waals surface area contributed by atoms with Gasteiger partial charge in [-0.2, -0.15) is 0 Å². The Balaban J connectivity index is 1.71. The molecule has 6 nitrogen and oxygen atoms in total. The molecule has 2 heterocycles. The normalized spacial score (nSPS) is 17.2. The maximum atomic E-state index is 12.4. The molecule has 0 radical (unpaired) electrons. The van der Waals surface area contributed by atoms with E-state index in [1.54, 1.807) is 22.4 Å². The lowest BCUT2D eigenvalue weighted by atomic mass is 10.1. The molecule has 0 aliphatic carbocycles. The summed E-state index contributed by atoms with van der Waals surface area (Å²) in [4.78, 5) is 14.1. The summed E-state index contributed by atoms with van der Waals surface area (Å²) in [6.45, 7) is 5.39. The van der Waals surface area contributed by atoms with Gasteiger partial charge in [0.1, 0.15) is 4.21 Å². The van der Waals surface area contributed by atoms with Gasteiger partial charge in [-0.05, 0) is 37.6 Å². The van der Waals surface area contributed by atoms with Crippen LogP contribution < -0.4 is 10.0 Å². The van der Waals surface area contributed by atoms with Crippen LogP contribution in [-0.4, -0.2) is 44.5 Å². The summed E-state index contributed by atoms with van der Waals surface area (Å²) < 4.78 is 27.7. The van der Waals surface area contributed by atoms with E-state index < -0.39 is 10.0 Å². The minimum atomic E-state index is -3.44. The highest BCUT2D eigenvalue weighted by molar-refractivity contribution is 7.91. The van der Waals surface area contributed by atoms with E-state index in [9.17, 15) is 13.2 Å². The SMILES string of the molecule is CCCCCCC(C)NC(=O)N1CCC(NS(=O)(=O)c2cccs2)CC1. The second-order valence-corrected chi connectivity index (χ2v) is 9.90. The molecule has 2 N–H and O–H groups in total. The van der Waals surface area contributed by atoms with Crippen molar-refractivity contribution in [1.82, 2.24) is 14.9 Å². The molecule has 1 saturated heterocycles. The highest BCUT2D eigenvalue weighted by Crippen LogP contribution is 2.19. The molecule has 0 bridgehead atoms. The smallest absolute Gasteiger partial charge is 0.317 e. The van der Waals surface area contributed by atoms with Gasteiger partial charge in [0.15, 0.2) is 0 Å². The quantitative estimate of drug-likeness (QED) is 0.621. The third-order valence-corrected chi connectivity index (χ3v) is 7.64. The van der Waals surface area contributed by atoms with Crippen LogP contribution in [0.5, 0.6) is 0 Å². The molecule has 0 aromatic carbocycles. The molecule has 1 unspecified atom stereocenters. The number of nitrogens with one attached hydrogen (secondary N) is 2. The third kappa shape index (κ3) is 6.55. The van der Waals surface area contributed by atoms with Crippen LogP contribution in [0.25, 0.3) is 0 Å². The standard InChI is InChI=1S/C18H31N3O3S2/c1-3-4-5-6-8-15(2)19-18(22)21-12-10-16(11-13-21)20-26(23,24)17-9-7-14-25-17/h7,9,14-16,20H,3-6,8,10-13H2,1-2H3,(H,19,22). The van der Waals surface area contributed by atoms with E-state index in [0.29, 0.717) is 30.1 Å². The van der Waals surface area contributed by atoms with Crippen LogP contribution >= 0.6 is 11.3 Å². The third-order valence-electron chi connectivity index (χ3n) is 4.72. The number of carbonyl (C=O) groups is 1. The average Bonchev–Trinajstić information content (AvgIpc) is 3.14. The molecule has 1 fully saturated rings. The van der Waals surface area contributed by atoms with Gasteiger partial charge in [0.05, 0.1) is 0 Å². The second kappa shape index (κ2) is 10.3. The topological polar surface area (TPSA) is 78.5 Å². The number of likely N-dealkylation sites (tertiary alicyclic amines) is 1. The maximum absolute atomic E-state index is 12.4. The molecule has 1 atom stereocenters. The minimum Gasteiger partial charge on any atom is -0.336 e. The molecule has 2 rings (SSSR count). The maximum Gasteiger partial charge on any atom is 0.317 e. The van der Waals surface area contributed by atoms with E-state index in [-0.39, 0.29) is 18.1 Å². The number of carbonyl (C=O) groups excluding carboxylic acids is 1. The Morgan fingerprint density at radius 2 is 2.04 bits per heavy atom. The molecule has 2 amide bonds. The summed E-state index contributed by atoms with van der Waals surface area (Å²) >= 11 is 1.22. The van der Waals surface area contributed by atoms with Crippen molar-refractivity contribution in [3.8, 4) is 0 Å². The number of amides is 2. The predicted molar refractivity (Wildman–Crippen MR) is 106 cm³/mol. The largest absolute Gasteiger partial charge is 0.336 e. The first-order chi connectivity index (χ1) is 12.4. The van der Waals surface area contributed by atoms with E-state index in [4.69, 9.17) is 0 Å². The van der Waals surface area contributed by atoms with Crippen molar-refractivity contribution in [1.29, 1.82) is 0 Å². The lowest BCUT2D eigenvalue weighted by Crippen LogP contribution is -2.50. The van der Waals surface area contributed by atoms with Gasteiger partial charge in [0, 0.05) is 25.2 Å². The second-order valence-electron chi connectivity index (χ2n) is 7.01. The zero-order valence-electron chi connectivity index (χ0n) is 15.7. The molecule has 1 aliphatic heterocycles. The molecular weight excluding hydrogens is 370 g/mol. The molecule has 26 heavy (non-hydrogen) atoms. The molecule has 0 saturated carbocycles. The van der Waals surface area contributed by atoms with Crippen molar-refractivity contribution in [3.63, 3.8) is 0 Å². The van der Waals surface area contributed by atoms with E-state index in [0.717, 1.165) is 12.8 Å². The lowest BCUT2D eigenvalue weighted by Gasteiger charge is -2.33. The van der Waals surface area contributed by atoms with Crippen LogP contribution in [0.3, 0.4) is 0 Å². The number of hydrogen-bond donors (Lipinski definition) is 2. The van der Waals surface area contributed by atoms with Gasteiger partial charge in [-0.1, -0.05) is 38.7 Å². The number of thiophene rings is 1. The van der Waals surface area contributed by atoms with Crippen molar-refractivity contribution in [2.75, 3.05) is 13.1 Å². The summed E-state index contributed by atoms with van der Waals surface area (Å²) in [5.41, 5.74) is 0. The van der Waals surface area contributed by atoms with Crippen LogP contribution in [0, 0.1) is 0 Å². The molecular formula is C18H31N3O3S2. The zero-order chi connectivity index (χ0) is 19.0. The van der Waals surface area contributed by atoms with Gasteiger partial charge >= 0.3 is 6.03 Å². The Hall–Kier alpha value is -1.12. The Bertz CT molecular complexity index is 639. The van der Waals surface area contributed by atoms with Crippen LogP contribution in [0.15, 0.2) is 21.7 Å². The number of piperidine rings is 1. The number of unbranched alkanes of at least 4 members (excludes halogenated alkanes) is 3. The van der Waals surface area contributed by atoms with E-state index >= 15 is 0 Å². The molecule has 1 aliphatic rings. The van der Waals surface area contributed by atoms with Gasteiger partial charge in [-0.15, -0.1) is 11.3 Å². The van der Waals surface area contributed by atoms with Gasteiger partial charge in [0.2, 0.25) is 10.0 Å². The van der Waals surface area contributed by atoms with E-state index in [1.165, 1.54) is 30.6 Å². The number of rotatable bonds is 9. The van der Waals surface area contributed by atoms with Crippen molar-refractivity contribution in [3.05, 3.63) is 17.5 Å². The molecule has 148 valence electrons. The number of sulfonamides is 1. The number of urea groups is 1. The Kier molecular flexibility index (Phi) is 8.37. The summed E-state index contributed by atoms with van der Waals surface area (Å²) in [6.07, 6.45) is 7.10. The number of nitrogens with zero attached hydrogens (tertiary/aromatic N) is 1. The van der Waals surface area contributed by atoms with Crippen LogP contribution in [0.4, 0.5) is 4.79 Å². The first-order valence-corrected chi connectivity index (χ1v) is 11.9. The van der Waals surface area contributed by atoms with Crippen molar-refractivity contribution in [2.24, 2.45) is 0 Å². The van der Waals surface area contributed by atoms with Crippen LogP contribution in [0.1, 0.15) is 58.8 Å².